The number of nitrogens with zero attached hydrogens (tertiary/aromatic N) is 3. The molecule has 10 heteroatoms. The van der Waals surface area contributed by atoms with Crippen LogP contribution in [0.15, 0.2) is 48.8 Å². The van der Waals surface area contributed by atoms with Gasteiger partial charge in [-0.15, -0.1) is 0 Å². The summed E-state index contributed by atoms with van der Waals surface area (Å²) in [5.41, 5.74) is -0.863. The summed E-state index contributed by atoms with van der Waals surface area (Å²) in [5.74, 6) is -0.565. The van der Waals surface area contributed by atoms with Gasteiger partial charge in [-0.1, -0.05) is 18.2 Å². The first-order valence-electron chi connectivity index (χ1n) is 10.1. The lowest BCUT2D eigenvalue weighted by molar-refractivity contribution is -0.137. The molecular weight excluding hydrogens is 440 g/mol. The number of hydrogen-bond donors (Lipinski definition) is 1. The van der Waals surface area contributed by atoms with Gasteiger partial charge < -0.3 is 10.1 Å². The number of pyridine rings is 1. The Kier molecular flexibility index (Phi) is 5.77. The highest BCUT2D eigenvalue weighted by Crippen LogP contribution is 2.55. The molecule has 1 aliphatic carbocycles. The number of carbonyl (C=O) groups excluding carboxylic acids is 1. The number of hydrogen-bond acceptors (Lipinski definition) is 5. The Bertz CT molecular complexity index is 1180. The molecule has 6 nitrogen and oxygen atoms in total. The maximum absolute atomic E-state index is 13.3. The molecule has 4 rings (SSSR count). The smallest absolute Gasteiger partial charge is 0.416 e. The second kappa shape index (κ2) is 8.42. The van der Waals surface area contributed by atoms with E-state index in [4.69, 9.17) is 4.74 Å². The number of alkyl halides is 3. The van der Waals surface area contributed by atoms with E-state index >= 15 is 0 Å². The Morgan fingerprint density at radius 2 is 1.97 bits per heavy atom. The minimum absolute atomic E-state index is 0.0451. The topological polar surface area (TPSA) is 77.0 Å². The van der Waals surface area contributed by atoms with Crippen molar-refractivity contribution in [2.45, 2.75) is 31.9 Å². The van der Waals surface area contributed by atoms with Crippen LogP contribution < -0.4 is 10.1 Å². The summed E-state index contributed by atoms with van der Waals surface area (Å²) in [6, 6.07) is 7.36. The summed E-state index contributed by atoms with van der Waals surface area (Å²) in [6.07, 6.45) is -1.79. The SMILES string of the molecule is Cc1ncc(OC[C@@]2(c3cccc(C(F)(F)F)c3)C[C@H]2C(=O)Nc2ccc(F)cn2)c(C)n1. The molecule has 0 bridgehead atoms. The third-order valence-corrected chi connectivity index (χ3v) is 5.68. The third-order valence-electron chi connectivity index (χ3n) is 5.68. The molecule has 1 fully saturated rings. The monoisotopic (exact) mass is 460 g/mol. The van der Waals surface area contributed by atoms with Crippen molar-refractivity contribution in [3.8, 4) is 5.75 Å². The fourth-order valence-corrected chi connectivity index (χ4v) is 3.80. The van der Waals surface area contributed by atoms with Crippen molar-refractivity contribution in [1.29, 1.82) is 0 Å². The molecule has 2 heterocycles. The number of anilines is 1. The number of amides is 1. The molecular formula is C23H20F4N4O2. The standard InChI is InChI=1S/C23H20F4N4O2/c1-13-19(11-28-14(2)30-13)33-12-22(15-4-3-5-16(8-15)23(25,26)27)9-18(22)21(32)31-20-7-6-17(24)10-29-20/h3-8,10-11,18H,9,12H2,1-2H3,(H,29,31,32)/t18-,22+/m0/s1. The molecule has 1 saturated carbocycles. The zero-order valence-corrected chi connectivity index (χ0v) is 17.8. The second-order valence-corrected chi connectivity index (χ2v) is 8.00. The van der Waals surface area contributed by atoms with Gasteiger partial charge in [0.1, 0.15) is 17.5 Å². The summed E-state index contributed by atoms with van der Waals surface area (Å²) < 4.78 is 59.0. The zero-order chi connectivity index (χ0) is 23.8. The number of rotatable bonds is 6. The molecule has 0 radical (unpaired) electrons. The van der Waals surface area contributed by atoms with Crippen LogP contribution in [0.1, 0.15) is 29.1 Å². The van der Waals surface area contributed by atoms with Crippen molar-refractivity contribution in [3.05, 3.63) is 77.3 Å². The number of nitrogens with one attached hydrogen (secondary N) is 1. The predicted molar refractivity (Wildman–Crippen MR) is 111 cm³/mol. The maximum atomic E-state index is 13.3. The van der Waals surface area contributed by atoms with Crippen molar-refractivity contribution in [1.82, 2.24) is 15.0 Å². The summed E-state index contributed by atoms with van der Waals surface area (Å²) in [4.78, 5) is 25.0. The first-order chi connectivity index (χ1) is 15.6. The van der Waals surface area contributed by atoms with E-state index in [-0.39, 0.29) is 18.8 Å². The molecule has 172 valence electrons. The Morgan fingerprint density at radius 3 is 2.64 bits per heavy atom. The van der Waals surface area contributed by atoms with Gasteiger partial charge in [-0.05, 0) is 44.0 Å². The minimum atomic E-state index is -4.52. The third kappa shape index (κ3) is 4.79. The highest BCUT2D eigenvalue weighted by Gasteiger charge is 2.60. The minimum Gasteiger partial charge on any atom is -0.489 e. The predicted octanol–water partition coefficient (Wildman–Crippen LogP) is 4.62. The first kappa shape index (κ1) is 22.6. The summed E-state index contributed by atoms with van der Waals surface area (Å²) in [5, 5.41) is 2.60. The average molecular weight is 460 g/mol. The van der Waals surface area contributed by atoms with E-state index in [0.717, 1.165) is 24.4 Å². The van der Waals surface area contributed by atoms with Crippen LogP contribution in [-0.2, 0) is 16.4 Å². The lowest BCUT2D eigenvalue weighted by atomic mass is 9.92. The first-order valence-corrected chi connectivity index (χ1v) is 10.1. The van der Waals surface area contributed by atoms with Crippen LogP contribution in [0.2, 0.25) is 0 Å². The van der Waals surface area contributed by atoms with Gasteiger partial charge in [-0.25, -0.2) is 19.3 Å². The Morgan fingerprint density at radius 1 is 1.18 bits per heavy atom. The van der Waals surface area contributed by atoms with E-state index in [1.54, 1.807) is 19.9 Å². The summed E-state index contributed by atoms with van der Waals surface area (Å²) in [6.45, 7) is 3.42. The Labute approximate surface area is 187 Å². The zero-order valence-electron chi connectivity index (χ0n) is 17.8. The van der Waals surface area contributed by atoms with Crippen molar-refractivity contribution < 1.29 is 27.1 Å². The molecule has 1 aliphatic rings. The highest BCUT2D eigenvalue weighted by molar-refractivity contribution is 5.95. The molecule has 2 atom stereocenters. The molecule has 1 N–H and O–H groups in total. The van der Waals surface area contributed by atoms with Gasteiger partial charge >= 0.3 is 6.18 Å². The number of carbonyl (C=O) groups is 1. The summed E-state index contributed by atoms with van der Waals surface area (Å²) >= 11 is 0. The van der Waals surface area contributed by atoms with Crippen LogP contribution in [0.25, 0.3) is 0 Å². The van der Waals surface area contributed by atoms with Gasteiger partial charge in [0.2, 0.25) is 5.91 Å². The largest absolute Gasteiger partial charge is 0.489 e. The van der Waals surface area contributed by atoms with Crippen molar-refractivity contribution >= 4 is 11.7 Å². The normalized spacial score (nSPS) is 19.8. The van der Waals surface area contributed by atoms with Crippen LogP contribution >= 0.6 is 0 Å². The fraction of sp³-hybridized carbons (Fsp3) is 0.304. The van der Waals surface area contributed by atoms with Gasteiger partial charge in [-0.3, -0.25) is 4.79 Å². The number of aromatic nitrogens is 3. The van der Waals surface area contributed by atoms with Gasteiger partial charge in [0.15, 0.2) is 5.75 Å². The van der Waals surface area contributed by atoms with E-state index in [2.05, 4.69) is 20.3 Å². The van der Waals surface area contributed by atoms with Crippen molar-refractivity contribution in [2.24, 2.45) is 5.92 Å². The van der Waals surface area contributed by atoms with Crippen molar-refractivity contribution in [3.63, 3.8) is 0 Å². The molecule has 3 aromatic rings. The summed E-state index contributed by atoms with van der Waals surface area (Å²) in [7, 11) is 0. The average Bonchev–Trinajstić information content (AvgIpc) is 3.50. The molecule has 1 aromatic carbocycles. The molecule has 1 amide bonds. The number of aryl methyl sites for hydroxylation is 2. The Balaban J connectivity index is 1.62. The van der Waals surface area contributed by atoms with E-state index in [1.807, 2.05) is 0 Å². The van der Waals surface area contributed by atoms with Gasteiger partial charge in [0.25, 0.3) is 0 Å². The maximum Gasteiger partial charge on any atom is 0.416 e. The number of ether oxygens (including phenoxy) is 1. The molecule has 0 spiro atoms. The van der Waals surface area contributed by atoms with Gasteiger partial charge in [0.05, 0.1) is 36.2 Å². The van der Waals surface area contributed by atoms with Gasteiger partial charge in [-0.2, -0.15) is 13.2 Å². The van der Waals surface area contributed by atoms with Crippen LogP contribution in [-0.4, -0.2) is 27.5 Å². The van der Waals surface area contributed by atoms with E-state index in [9.17, 15) is 22.4 Å². The number of benzene rings is 1. The second-order valence-electron chi connectivity index (χ2n) is 8.00. The molecule has 0 unspecified atom stereocenters. The Hall–Kier alpha value is -3.56. The number of halogens is 4. The van der Waals surface area contributed by atoms with Crippen LogP contribution in [0, 0.1) is 25.6 Å². The lowest BCUT2D eigenvalue weighted by Gasteiger charge is -2.21. The molecule has 0 aliphatic heterocycles. The molecule has 0 saturated heterocycles. The quantitative estimate of drug-likeness (QED) is 0.543. The van der Waals surface area contributed by atoms with Crippen LogP contribution in [0.5, 0.6) is 5.75 Å². The fourth-order valence-electron chi connectivity index (χ4n) is 3.80. The van der Waals surface area contributed by atoms with E-state index in [1.165, 1.54) is 18.3 Å². The van der Waals surface area contributed by atoms with E-state index in [0.29, 0.717) is 22.8 Å². The van der Waals surface area contributed by atoms with Gasteiger partial charge in [0, 0.05) is 5.41 Å². The van der Waals surface area contributed by atoms with Crippen LogP contribution in [0.3, 0.4) is 0 Å². The van der Waals surface area contributed by atoms with Crippen molar-refractivity contribution in [2.75, 3.05) is 11.9 Å². The van der Waals surface area contributed by atoms with Crippen LogP contribution in [0.4, 0.5) is 23.4 Å². The lowest BCUT2D eigenvalue weighted by Crippen LogP contribution is -2.27. The highest BCUT2D eigenvalue weighted by atomic mass is 19.4. The molecule has 2 aromatic heterocycles. The molecule has 33 heavy (non-hydrogen) atoms. The van der Waals surface area contributed by atoms with E-state index < -0.39 is 34.8 Å².